The van der Waals surface area contributed by atoms with Gasteiger partial charge < -0.3 is 5.32 Å². The molecular weight excluding hydrogens is 268 g/mol. The predicted octanol–water partition coefficient (Wildman–Crippen LogP) is 3.18. The Balaban J connectivity index is 1.85. The van der Waals surface area contributed by atoms with Gasteiger partial charge in [-0.1, -0.05) is 41.7 Å². The minimum atomic E-state index is 0.387. The number of thiazole rings is 1. The molecule has 1 saturated heterocycles. The van der Waals surface area contributed by atoms with Crippen LogP contribution in [0.15, 0.2) is 36.7 Å². The number of nitrogens with one attached hydrogen (secondary N) is 1. The molecule has 1 atom stereocenters. The lowest BCUT2D eigenvalue weighted by atomic mass is 10.1. The van der Waals surface area contributed by atoms with Crippen molar-refractivity contribution < 1.29 is 0 Å². The number of hydrogen-bond acceptors (Lipinski definition) is 5. The van der Waals surface area contributed by atoms with Crippen LogP contribution in [0.4, 0.5) is 0 Å². The SMILES string of the molecule is c1ccc(-c2ncnc3sc(C4CCCN4)nc23)cc1. The predicted molar refractivity (Wildman–Crippen MR) is 80.6 cm³/mol. The van der Waals surface area contributed by atoms with E-state index in [-0.39, 0.29) is 0 Å². The summed E-state index contributed by atoms with van der Waals surface area (Å²) < 4.78 is 0. The Hall–Kier alpha value is -1.85. The molecule has 100 valence electrons. The fourth-order valence-electron chi connectivity index (χ4n) is 2.62. The molecule has 0 amide bonds. The van der Waals surface area contributed by atoms with E-state index < -0.39 is 0 Å². The molecule has 1 aliphatic heterocycles. The maximum atomic E-state index is 4.80. The first-order valence-electron chi connectivity index (χ1n) is 6.82. The van der Waals surface area contributed by atoms with E-state index in [2.05, 4.69) is 27.4 Å². The molecule has 3 aromatic rings. The minimum absolute atomic E-state index is 0.387. The van der Waals surface area contributed by atoms with E-state index in [1.807, 2.05) is 18.2 Å². The molecule has 1 unspecified atom stereocenters. The Morgan fingerprint density at radius 2 is 2.05 bits per heavy atom. The van der Waals surface area contributed by atoms with Gasteiger partial charge in [-0.05, 0) is 19.4 Å². The molecule has 0 spiro atoms. The summed E-state index contributed by atoms with van der Waals surface area (Å²) in [5.74, 6) is 0. The average Bonchev–Trinajstić information content (AvgIpc) is 3.16. The van der Waals surface area contributed by atoms with Crippen molar-refractivity contribution in [3.05, 3.63) is 41.7 Å². The molecule has 1 fully saturated rings. The number of rotatable bonds is 2. The van der Waals surface area contributed by atoms with Crippen LogP contribution in [0.1, 0.15) is 23.9 Å². The Morgan fingerprint density at radius 3 is 2.85 bits per heavy atom. The summed E-state index contributed by atoms with van der Waals surface area (Å²) in [5, 5.41) is 4.63. The van der Waals surface area contributed by atoms with Gasteiger partial charge in [-0.3, -0.25) is 0 Å². The lowest BCUT2D eigenvalue weighted by Gasteiger charge is -2.04. The zero-order valence-electron chi connectivity index (χ0n) is 10.9. The van der Waals surface area contributed by atoms with E-state index in [1.165, 1.54) is 6.42 Å². The van der Waals surface area contributed by atoms with Gasteiger partial charge in [0.2, 0.25) is 0 Å². The second-order valence-corrected chi connectivity index (χ2v) is 5.95. The number of benzene rings is 1. The lowest BCUT2D eigenvalue weighted by molar-refractivity contribution is 0.644. The molecule has 4 rings (SSSR count). The first kappa shape index (κ1) is 11.9. The van der Waals surface area contributed by atoms with Gasteiger partial charge in [0.1, 0.15) is 27.4 Å². The molecule has 20 heavy (non-hydrogen) atoms. The van der Waals surface area contributed by atoms with Crippen LogP contribution < -0.4 is 5.32 Å². The second-order valence-electron chi connectivity index (χ2n) is 4.94. The highest BCUT2D eigenvalue weighted by Crippen LogP contribution is 2.33. The van der Waals surface area contributed by atoms with Gasteiger partial charge in [0.15, 0.2) is 0 Å². The van der Waals surface area contributed by atoms with Gasteiger partial charge >= 0.3 is 0 Å². The van der Waals surface area contributed by atoms with E-state index in [4.69, 9.17) is 4.98 Å². The maximum Gasteiger partial charge on any atom is 0.147 e. The molecule has 1 aromatic carbocycles. The van der Waals surface area contributed by atoms with E-state index in [0.29, 0.717) is 6.04 Å². The van der Waals surface area contributed by atoms with Crippen LogP contribution in [0.3, 0.4) is 0 Å². The van der Waals surface area contributed by atoms with Gasteiger partial charge in [-0.2, -0.15) is 0 Å². The van der Waals surface area contributed by atoms with Crippen molar-refractivity contribution in [2.24, 2.45) is 0 Å². The molecule has 0 bridgehead atoms. The van der Waals surface area contributed by atoms with Crippen LogP contribution in [0, 0.1) is 0 Å². The summed E-state index contributed by atoms with van der Waals surface area (Å²) in [6.07, 6.45) is 4.01. The topological polar surface area (TPSA) is 50.7 Å². The summed E-state index contributed by atoms with van der Waals surface area (Å²) in [5.41, 5.74) is 2.94. The molecule has 0 saturated carbocycles. The molecule has 2 aromatic heterocycles. The molecule has 1 N–H and O–H groups in total. The van der Waals surface area contributed by atoms with Crippen molar-refractivity contribution in [3.8, 4) is 11.3 Å². The largest absolute Gasteiger partial charge is 0.308 e. The summed E-state index contributed by atoms with van der Waals surface area (Å²) in [6.45, 7) is 1.08. The number of aromatic nitrogens is 3. The molecule has 5 heteroatoms. The zero-order chi connectivity index (χ0) is 13.4. The summed E-state index contributed by atoms with van der Waals surface area (Å²) in [7, 11) is 0. The van der Waals surface area contributed by atoms with E-state index in [0.717, 1.165) is 39.6 Å². The van der Waals surface area contributed by atoms with Crippen LogP contribution >= 0.6 is 11.3 Å². The monoisotopic (exact) mass is 282 g/mol. The van der Waals surface area contributed by atoms with Crippen LogP contribution in [0.5, 0.6) is 0 Å². The van der Waals surface area contributed by atoms with Gasteiger partial charge in [-0.25, -0.2) is 15.0 Å². The van der Waals surface area contributed by atoms with Gasteiger partial charge in [0, 0.05) is 5.56 Å². The van der Waals surface area contributed by atoms with E-state index in [1.54, 1.807) is 17.7 Å². The smallest absolute Gasteiger partial charge is 0.147 e. The third-order valence-corrected chi connectivity index (χ3v) is 4.69. The Morgan fingerprint density at radius 1 is 1.15 bits per heavy atom. The number of hydrogen-bond donors (Lipinski definition) is 1. The highest BCUT2D eigenvalue weighted by molar-refractivity contribution is 7.18. The summed E-state index contributed by atoms with van der Waals surface area (Å²) in [6, 6.07) is 10.6. The molecule has 1 aliphatic rings. The first-order chi connectivity index (χ1) is 9.92. The van der Waals surface area contributed by atoms with E-state index >= 15 is 0 Å². The van der Waals surface area contributed by atoms with Crippen molar-refractivity contribution >= 4 is 21.7 Å². The normalized spacial score (nSPS) is 18.7. The van der Waals surface area contributed by atoms with Crippen molar-refractivity contribution in [1.82, 2.24) is 20.3 Å². The number of fused-ring (bicyclic) bond motifs is 1. The van der Waals surface area contributed by atoms with Crippen LogP contribution in [0.2, 0.25) is 0 Å². The van der Waals surface area contributed by atoms with Crippen LogP contribution in [-0.2, 0) is 0 Å². The highest BCUT2D eigenvalue weighted by atomic mass is 32.1. The zero-order valence-corrected chi connectivity index (χ0v) is 11.7. The third kappa shape index (κ3) is 1.99. The quantitative estimate of drug-likeness (QED) is 0.784. The minimum Gasteiger partial charge on any atom is -0.308 e. The molecule has 0 radical (unpaired) electrons. The molecule has 0 aliphatic carbocycles. The first-order valence-corrected chi connectivity index (χ1v) is 7.64. The standard InChI is InChI=1S/C15H14N4S/c1-2-5-10(6-3-1)12-13-15(18-9-17-12)20-14(19-13)11-7-4-8-16-11/h1-3,5-6,9,11,16H,4,7-8H2. The van der Waals surface area contributed by atoms with Gasteiger partial charge in [0.25, 0.3) is 0 Å². The molecule has 3 heterocycles. The van der Waals surface area contributed by atoms with Crippen molar-refractivity contribution in [2.45, 2.75) is 18.9 Å². The summed E-state index contributed by atoms with van der Waals surface area (Å²) in [4.78, 5) is 14.6. The number of nitrogens with zero attached hydrogens (tertiary/aromatic N) is 3. The van der Waals surface area contributed by atoms with Crippen molar-refractivity contribution in [3.63, 3.8) is 0 Å². The second kappa shape index (κ2) is 4.92. The fraction of sp³-hybridized carbons (Fsp3) is 0.267. The lowest BCUT2D eigenvalue weighted by Crippen LogP contribution is -2.12. The average molecular weight is 282 g/mol. The Bertz CT molecular complexity index is 732. The van der Waals surface area contributed by atoms with Crippen molar-refractivity contribution in [1.29, 1.82) is 0 Å². The van der Waals surface area contributed by atoms with Gasteiger partial charge in [0.05, 0.1) is 6.04 Å². The maximum absolute atomic E-state index is 4.80. The molecule has 4 nitrogen and oxygen atoms in total. The highest BCUT2D eigenvalue weighted by Gasteiger charge is 2.21. The van der Waals surface area contributed by atoms with E-state index in [9.17, 15) is 0 Å². The molecular formula is C15H14N4S. The third-order valence-electron chi connectivity index (χ3n) is 3.62. The van der Waals surface area contributed by atoms with Gasteiger partial charge in [-0.15, -0.1) is 0 Å². The Labute approximate surface area is 120 Å². The Kier molecular flexibility index (Phi) is 2.94. The van der Waals surface area contributed by atoms with Crippen LogP contribution in [-0.4, -0.2) is 21.5 Å². The van der Waals surface area contributed by atoms with Crippen LogP contribution in [0.25, 0.3) is 21.6 Å². The van der Waals surface area contributed by atoms with Crippen molar-refractivity contribution in [2.75, 3.05) is 6.54 Å². The summed E-state index contributed by atoms with van der Waals surface area (Å²) >= 11 is 1.68. The fourth-order valence-corrected chi connectivity index (χ4v) is 3.64.